The minimum absolute atomic E-state index is 0.146. The van der Waals surface area contributed by atoms with Crippen LogP contribution in [0, 0.1) is 27.2 Å². The first kappa shape index (κ1) is 19.5. The van der Waals surface area contributed by atoms with E-state index in [0.29, 0.717) is 5.75 Å². The molecule has 148 valence electrons. The molecule has 0 saturated heterocycles. The molecule has 11 heteroatoms. The van der Waals surface area contributed by atoms with Crippen LogP contribution in [0.25, 0.3) is 0 Å². The topological polar surface area (TPSA) is 142 Å². The highest BCUT2D eigenvalue weighted by molar-refractivity contribution is 5.91. The molecule has 0 atom stereocenters. The van der Waals surface area contributed by atoms with Crippen LogP contribution in [0.5, 0.6) is 11.5 Å². The highest BCUT2D eigenvalue weighted by Crippen LogP contribution is 2.30. The van der Waals surface area contributed by atoms with Crippen LogP contribution in [-0.2, 0) is 11.3 Å². The number of rotatable bonds is 7. The summed E-state index contributed by atoms with van der Waals surface area (Å²) in [6, 6.07) is 12.1. The molecule has 29 heavy (non-hydrogen) atoms. The van der Waals surface area contributed by atoms with Crippen LogP contribution in [0.2, 0.25) is 0 Å². The minimum Gasteiger partial charge on any atom is -0.457 e. The molecule has 1 aromatic heterocycles. The van der Waals surface area contributed by atoms with E-state index in [0.717, 1.165) is 16.3 Å². The zero-order chi connectivity index (χ0) is 21.0. The van der Waals surface area contributed by atoms with E-state index in [1.165, 1.54) is 24.4 Å². The Bertz CT molecular complexity index is 1080. The fourth-order valence-corrected chi connectivity index (χ4v) is 2.45. The number of aromatic nitrogens is 2. The molecule has 2 aromatic carbocycles. The summed E-state index contributed by atoms with van der Waals surface area (Å²) in [4.78, 5) is 32.8. The Balaban J connectivity index is 1.77. The molecule has 1 N–H and O–H groups in total. The lowest BCUT2D eigenvalue weighted by Crippen LogP contribution is -2.19. The number of non-ortho nitro benzene ring substituents is 1. The second kappa shape index (κ2) is 8.17. The van der Waals surface area contributed by atoms with E-state index < -0.39 is 15.8 Å². The number of carbonyl (C=O) groups excluding carboxylic acids is 1. The minimum atomic E-state index is -0.677. The maximum Gasteiger partial charge on any atom is 0.389 e. The van der Waals surface area contributed by atoms with Gasteiger partial charge in [0, 0.05) is 12.1 Å². The average Bonchev–Trinajstić information content (AvgIpc) is 3.12. The van der Waals surface area contributed by atoms with E-state index in [4.69, 9.17) is 4.74 Å². The fourth-order valence-electron chi connectivity index (χ4n) is 2.45. The predicted octanol–water partition coefficient (Wildman–Crippen LogP) is 3.44. The van der Waals surface area contributed by atoms with E-state index in [9.17, 15) is 25.0 Å². The standard InChI is InChI=1S/C18H15N5O6/c1-12-2-4-15(5-3-12)29-16-9-13(8-14(10-16)22(25)26)19-18(24)11-21-7-6-17(20-21)23(27)28/h2-10H,11H2,1H3,(H,19,24). The molecule has 0 spiro atoms. The largest absolute Gasteiger partial charge is 0.457 e. The monoisotopic (exact) mass is 397 g/mol. The van der Waals surface area contributed by atoms with Gasteiger partial charge in [-0.25, -0.2) is 0 Å². The number of hydrogen-bond acceptors (Lipinski definition) is 7. The number of nitrogens with zero attached hydrogens (tertiary/aromatic N) is 4. The summed E-state index contributed by atoms with van der Waals surface area (Å²) in [5, 5.41) is 28.0. The van der Waals surface area contributed by atoms with Gasteiger partial charge in [0.1, 0.15) is 18.0 Å². The van der Waals surface area contributed by atoms with Crippen molar-refractivity contribution < 1.29 is 19.4 Å². The van der Waals surface area contributed by atoms with Crippen molar-refractivity contribution in [2.24, 2.45) is 0 Å². The van der Waals surface area contributed by atoms with E-state index >= 15 is 0 Å². The van der Waals surface area contributed by atoms with Crippen molar-refractivity contribution in [3.05, 3.63) is 80.5 Å². The van der Waals surface area contributed by atoms with Crippen LogP contribution >= 0.6 is 0 Å². The Hall–Kier alpha value is -4.28. The van der Waals surface area contributed by atoms with Crippen LogP contribution in [0.3, 0.4) is 0 Å². The van der Waals surface area contributed by atoms with Crippen molar-refractivity contribution >= 4 is 23.1 Å². The molecule has 1 amide bonds. The smallest absolute Gasteiger partial charge is 0.389 e. The maximum absolute atomic E-state index is 12.2. The zero-order valence-electron chi connectivity index (χ0n) is 15.1. The van der Waals surface area contributed by atoms with Gasteiger partial charge in [-0.2, -0.15) is 4.68 Å². The van der Waals surface area contributed by atoms with Gasteiger partial charge in [-0.05, 0) is 24.0 Å². The molecule has 0 aliphatic rings. The lowest BCUT2D eigenvalue weighted by Gasteiger charge is -2.09. The third kappa shape index (κ3) is 5.13. The summed E-state index contributed by atoms with van der Waals surface area (Å²) < 4.78 is 6.74. The zero-order valence-corrected chi connectivity index (χ0v) is 15.1. The van der Waals surface area contributed by atoms with Crippen LogP contribution in [-0.4, -0.2) is 25.5 Å². The highest BCUT2D eigenvalue weighted by Gasteiger charge is 2.16. The van der Waals surface area contributed by atoms with Crippen LogP contribution in [0.1, 0.15) is 5.56 Å². The Morgan fingerprint density at radius 2 is 1.79 bits per heavy atom. The van der Waals surface area contributed by atoms with Crippen molar-refractivity contribution in [3.63, 3.8) is 0 Å². The van der Waals surface area contributed by atoms with E-state index in [1.54, 1.807) is 12.1 Å². The molecule has 0 bridgehead atoms. The number of nitrogens with one attached hydrogen (secondary N) is 1. The van der Waals surface area contributed by atoms with Crippen molar-refractivity contribution in [1.82, 2.24) is 9.78 Å². The number of anilines is 1. The normalized spacial score (nSPS) is 10.4. The average molecular weight is 397 g/mol. The second-order valence-electron chi connectivity index (χ2n) is 6.06. The number of ether oxygens (including phenoxy) is 1. The van der Waals surface area contributed by atoms with Crippen LogP contribution < -0.4 is 10.1 Å². The van der Waals surface area contributed by atoms with Crippen molar-refractivity contribution in [3.8, 4) is 11.5 Å². The van der Waals surface area contributed by atoms with Gasteiger partial charge in [-0.1, -0.05) is 17.7 Å². The number of benzene rings is 2. The summed E-state index contributed by atoms with van der Waals surface area (Å²) in [5.74, 6) is -0.294. The van der Waals surface area contributed by atoms with Gasteiger partial charge in [0.25, 0.3) is 5.69 Å². The quantitative estimate of drug-likeness (QED) is 0.475. The van der Waals surface area contributed by atoms with Crippen molar-refractivity contribution in [2.45, 2.75) is 13.5 Å². The molecular formula is C18H15N5O6. The Morgan fingerprint density at radius 3 is 2.41 bits per heavy atom. The SMILES string of the molecule is Cc1ccc(Oc2cc(NC(=O)Cn3ccc([N+](=O)[O-])n3)cc([N+](=O)[O-])c2)cc1. The van der Waals surface area contributed by atoms with Gasteiger partial charge in [-0.15, -0.1) is 0 Å². The van der Waals surface area contributed by atoms with Crippen LogP contribution in [0.4, 0.5) is 17.2 Å². The third-order valence-corrected chi connectivity index (χ3v) is 3.76. The molecule has 1 heterocycles. The Kier molecular flexibility index (Phi) is 5.49. The van der Waals surface area contributed by atoms with E-state index in [1.807, 2.05) is 19.1 Å². The summed E-state index contributed by atoms with van der Waals surface area (Å²) in [7, 11) is 0. The number of aryl methyl sites for hydroxylation is 1. The first-order chi connectivity index (χ1) is 13.8. The van der Waals surface area contributed by atoms with Gasteiger partial charge in [-0.3, -0.25) is 14.9 Å². The first-order valence-corrected chi connectivity index (χ1v) is 8.32. The van der Waals surface area contributed by atoms with Gasteiger partial charge in [0.15, 0.2) is 0 Å². The number of hydrogen-bond donors (Lipinski definition) is 1. The highest BCUT2D eigenvalue weighted by atomic mass is 16.6. The lowest BCUT2D eigenvalue weighted by atomic mass is 10.2. The summed E-state index contributed by atoms with van der Waals surface area (Å²) >= 11 is 0. The molecule has 0 fully saturated rings. The van der Waals surface area contributed by atoms with E-state index in [-0.39, 0.29) is 29.5 Å². The molecular weight excluding hydrogens is 382 g/mol. The molecule has 0 unspecified atom stereocenters. The van der Waals surface area contributed by atoms with Gasteiger partial charge in [0.05, 0.1) is 34.0 Å². The van der Waals surface area contributed by atoms with Gasteiger partial charge in [0.2, 0.25) is 5.91 Å². The first-order valence-electron chi connectivity index (χ1n) is 8.32. The summed E-state index contributed by atoms with van der Waals surface area (Å²) in [6.07, 6.45) is 1.29. The lowest BCUT2D eigenvalue weighted by molar-refractivity contribution is -0.389. The molecule has 0 saturated carbocycles. The molecule has 11 nitrogen and oxygen atoms in total. The number of carbonyl (C=O) groups is 1. The number of nitro benzene ring substituents is 1. The van der Waals surface area contributed by atoms with Crippen molar-refractivity contribution in [2.75, 3.05) is 5.32 Å². The Labute approximate surface area is 163 Å². The second-order valence-corrected chi connectivity index (χ2v) is 6.06. The summed E-state index contributed by atoms with van der Waals surface area (Å²) in [6.45, 7) is 1.61. The van der Waals surface area contributed by atoms with Gasteiger partial charge < -0.3 is 20.2 Å². The number of nitro groups is 2. The Morgan fingerprint density at radius 1 is 1.07 bits per heavy atom. The molecule has 0 aliphatic carbocycles. The molecule has 0 aliphatic heterocycles. The number of amides is 1. The third-order valence-electron chi connectivity index (χ3n) is 3.76. The van der Waals surface area contributed by atoms with Crippen molar-refractivity contribution in [1.29, 1.82) is 0 Å². The fraction of sp³-hybridized carbons (Fsp3) is 0.111. The summed E-state index contributed by atoms with van der Waals surface area (Å²) in [5.41, 5.74) is 0.913. The van der Waals surface area contributed by atoms with E-state index in [2.05, 4.69) is 10.4 Å². The van der Waals surface area contributed by atoms with Gasteiger partial charge >= 0.3 is 5.82 Å². The maximum atomic E-state index is 12.2. The molecule has 3 rings (SSSR count). The predicted molar refractivity (Wildman–Crippen MR) is 102 cm³/mol. The molecule has 0 radical (unpaired) electrons. The van der Waals surface area contributed by atoms with Crippen LogP contribution in [0.15, 0.2) is 54.7 Å². The molecule has 3 aromatic rings.